The molecule has 1 saturated heterocycles. The van der Waals surface area contributed by atoms with Gasteiger partial charge in [0.2, 0.25) is 10.0 Å². The number of benzene rings is 1. The zero-order chi connectivity index (χ0) is 17.3. The number of rotatable bonds is 4. The number of anilines is 1. The fraction of sp³-hybridized carbons (Fsp3) is 0.267. The van der Waals surface area contributed by atoms with Crippen molar-refractivity contribution in [1.29, 1.82) is 0 Å². The summed E-state index contributed by atoms with van der Waals surface area (Å²) < 4.78 is 53.7. The molecule has 0 unspecified atom stereocenters. The number of hydrogen-bond donors (Lipinski definition) is 0. The molecule has 1 aliphatic heterocycles. The number of sulfonamides is 1. The molecule has 1 aliphatic rings. The Labute approximate surface area is 142 Å². The molecule has 0 N–H and O–H groups in total. The molecule has 2 aromatic rings. The smallest absolute Gasteiger partial charge is 0.249 e. The topological polar surface area (TPSA) is 57.7 Å². The average molecular weight is 372 g/mol. The zero-order valence-electron chi connectivity index (χ0n) is 12.5. The molecule has 0 amide bonds. The van der Waals surface area contributed by atoms with Crippen LogP contribution in [0.25, 0.3) is 0 Å². The highest BCUT2D eigenvalue weighted by molar-refractivity contribution is 7.89. The van der Waals surface area contributed by atoms with Gasteiger partial charge in [0.15, 0.2) is 11.2 Å². The van der Waals surface area contributed by atoms with Crippen LogP contribution in [0, 0.1) is 11.6 Å². The molecule has 3 rings (SSSR count). The molecule has 128 valence electrons. The van der Waals surface area contributed by atoms with Gasteiger partial charge >= 0.3 is 0 Å². The molecule has 24 heavy (non-hydrogen) atoms. The normalized spacial score (nSPS) is 16.3. The number of carbonyl (C=O) groups excluding carboxylic acids is 1. The van der Waals surface area contributed by atoms with E-state index in [1.807, 2.05) is 4.90 Å². The van der Waals surface area contributed by atoms with Gasteiger partial charge < -0.3 is 4.90 Å². The van der Waals surface area contributed by atoms with Gasteiger partial charge in [-0.1, -0.05) is 6.07 Å². The Hall–Kier alpha value is -1.84. The number of piperazine rings is 1. The number of hydrogen-bond acceptors (Lipinski definition) is 5. The lowest BCUT2D eigenvalue weighted by Crippen LogP contribution is -2.48. The van der Waals surface area contributed by atoms with Gasteiger partial charge in [0.1, 0.15) is 11.6 Å². The van der Waals surface area contributed by atoms with Crippen molar-refractivity contribution in [3.05, 3.63) is 46.8 Å². The fourth-order valence-electron chi connectivity index (χ4n) is 2.58. The van der Waals surface area contributed by atoms with Crippen molar-refractivity contribution in [2.45, 2.75) is 4.90 Å². The summed E-state index contributed by atoms with van der Waals surface area (Å²) in [6, 6.07) is 6.49. The highest BCUT2D eigenvalue weighted by atomic mass is 32.2. The summed E-state index contributed by atoms with van der Waals surface area (Å²) in [7, 11) is -4.22. The lowest BCUT2D eigenvalue weighted by Gasteiger charge is -2.34. The first-order valence-corrected chi connectivity index (χ1v) is 9.43. The van der Waals surface area contributed by atoms with Gasteiger partial charge in [-0.3, -0.25) is 4.79 Å². The minimum Gasteiger partial charge on any atom is -0.361 e. The molecule has 1 fully saturated rings. The summed E-state index contributed by atoms with van der Waals surface area (Å²) in [6.07, 6.45) is 0.760. The standard InChI is InChI=1S/C15H14F2N2O3S2/c16-12-2-1-3-13(17)15(12)24(21,22)19-8-6-18(7-9-19)14-5-4-11(10-20)23-14/h1-5,10H,6-9H2. The molecule has 5 nitrogen and oxygen atoms in total. The number of nitrogens with zero attached hydrogens (tertiary/aromatic N) is 2. The van der Waals surface area contributed by atoms with Crippen molar-refractivity contribution < 1.29 is 22.0 Å². The Kier molecular flexibility index (Phi) is 4.66. The monoisotopic (exact) mass is 372 g/mol. The molecule has 0 bridgehead atoms. The van der Waals surface area contributed by atoms with Crippen molar-refractivity contribution in [3.8, 4) is 0 Å². The Morgan fingerprint density at radius 2 is 1.62 bits per heavy atom. The molecule has 1 aromatic heterocycles. The average Bonchev–Trinajstić information content (AvgIpc) is 3.04. The minimum atomic E-state index is -4.22. The third kappa shape index (κ3) is 3.06. The van der Waals surface area contributed by atoms with E-state index in [0.717, 1.165) is 33.8 Å². The summed E-state index contributed by atoms with van der Waals surface area (Å²) in [6.45, 7) is 0.997. The highest BCUT2D eigenvalue weighted by Gasteiger charge is 2.33. The predicted molar refractivity (Wildman–Crippen MR) is 87.0 cm³/mol. The fourth-order valence-corrected chi connectivity index (χ4v) is 4.99. The lowest BCUT2D eigenvalue weighted by molar-refractivity contribution is 0.112. The SMILES string of the molecule is O=Cc1ccc(N2CCN(S(=O)(=O)c3c(F)cccc3F)CC2)s1. The maximum Gasteiger partial charge on any atom is 0.249 e. The van der Waals surface area contributed by atoms with Crippen molar-refractivity contribution in [2.24, 2.45) is 0 Å². The molecular weight excluding hydrogens is 358 g/mol. The van der Waals surface area contributed by atoms with Crippen LogP contribution in [0.4, 0.5) is 13.8 Å². The maximum atomic E-state index is 13.8. The van der Waals surface area contributed by atoms with Crippen LogP contribution in [0.3, 0.4) is 0 Å². The third-order valence-electron chi connectivity index (χ3n) is 3.80. The molecule has 0 spiro atoms. The first-order valence-electron chi connectivity index (χ1n) is 7.17. The van der Waals surface area contributed by atoms with E-state index in [4.69, 9.17) is 0 Å². The lowest BCUT2D eigenvalue weighted by atomic mass is 10.3. The largest absolute Gasteiger partial charge is 0.361 e. The summed E-state index contributed by atoms with van der Waals surface area (Å²) in [5.41, 5.74) is 0. The summed E-state index contributed by atoms with van der Waals surface area (Å²) >= 11 is 1.32. The number of carbonyl (C=O) groups is 1. The predicted octanol–water partition coefficient (Wildman–Crippen LogP) is 2.35. The van der Waals surface area contributed by atoms with E-state index in [-0.39, 0.29) is 13.1 Å². The first kappa shape index (κ1) is 17.0. The van der Waals surface area contributed by atoms with Crippen LogP contribution < -0.4 is 4.90 Å². The summed E-state index contributed by atoms with van der Waals surface area (Å²) in [5.74, 6) is -2.18. The molecule has 0 aliphatic carbocycles. The highest BCUT2D eigenvalue weighted by Crippen LogP contribution is 2.28. The van der Waals surface area contributed by atoms with Crippen LogP contribution in [0.1, 0.15) is 9.67 Å². The van der Waals surface area contributed by atoms with Crippen LogP contribution >= 0.6 is 11.3 Å². The van der Waals surface area contributed by atoms with Crippen molar-refractivity contribution in [3.63, 3.8) is 0 Å². The van der Waals surface area contributed by atoms with Gasteiger partial charge in [0, 0.05) is 26.2 Å². The Morgan fingerprint density at radius 3 is 2.17 bits per heavy atom. The van der Waals surface area contributed by atoms with E-state index in [1.165, 1.54) is 11.3 Å². The molecule has 0 saturated carbocycles. The van der Waals surface area contributed by atoms with Gasteiger partial charge in [0.05, 0.1) is 9.88 Å². The number of halogens is 2. The third-order valence-corrected chi connectivity index (χ3v) is 6.82. The second-order valence-corrected chi connectivity index (χ2v) is 8.20. The van der Waals surface area contributed by atoms with Gasteiger partial charge in [-0.15, -0.1) is 11.3 Å². The van der Waals surface area contributed by atoms with Crippen molar-refractivity contribution in [2.75, 3.05) is 31.1 Å². The molecular formula is C15H14F2N2O3S2. The minimum absolute atomic E-state index is 0.116. The molecule has 9 heteroatoms. The van der Waals surface area contributed by atoms with E-state index < -0.39 is 26.6 Å². The van der Waals surface area contributed by atoms with Gasteiger partial charge in [-0.2, -0.15) is 4.31 Å². The van der Waals surface area contributed by atoms with Crippen LogP contribution in [0.15, 0.2) is 35.2 Å². The second kappa shape index (κ2) is 6.58. The molecule has 0 atom stereocenters. The van der Waals surface area contributed by atoms with Gasteiger partial charge in [-0.25, -0.2) is 17.2 Å². The summed E-state index contributed by atoms with van der Waals surface area (Å²) in [4.78, 5) is 12.4. The van der Waals surface area contributed by atoms with E-state index in [9.17, 15) is 22.0 Å². The van der Waals surface area contributed by atoms with Crippen molar-refractivity contribution >= 4 is 32.6 Å². The van der Waals surface area contributed by atoms with Gasteiger partial charge in [-0.05, 0) is 24.3 Å². The first-order chi connectivity index (χ1) is 11.4. The quantitative estimate of drug-likeness (QED) is 0.773. The van der Waals surface area contributed by atoms with Crippen molar-refractivity contribution in [1.82, 2.24) is 4.31 Å². The van der Waals surface area contributed by atoms with E-state index >= 15 is 0 Å². The maximum absolute atomic E-state index is 13.8. The second-order valence-electron chi connectivity index (χ2n) is 5.24. The van der Waals surface area contributed by atoms with E-state index in [1.54, 1.807) is 12.1 Å². The zero-order valence-corrected chi connectivity index (χ0v) is 14.1. The van der Waals surface area contributed by atoms with E-state index in [0.29, 0.717) is 18.0 Å². The Balaban J connectivity index is 1.77. The Morgan fingerprint density at radius 1 is 1.00 bits per heavy atom. The number of thiophene rings is 1. The molecule has 1 aromatic carbocycles. The van der Waals surface area contributed by atoms with Crippen LogP contribution in [-0.4, -0.2) is 45.2 Å². The summed E-state index contributed by atoms with van der Waals surface area (Å²) in [5, 5.41) is 0.867. The van der Waals surface area contributed by atoms with Crippen LogP contribution in [0.2, 0.25) is 0 Å². The molecule has 0 radical (unpaired) electrons. The number of aldehydes is 1. The van der Waals surface area contributed by atoms with Gasteiger partial charge in [0.25, 0.3) is 0 Å². The van der Waals surface area contributed by atoms with Crippen LogP contribution in [0.5, 0.6) is 0 Å². The Bertz CT molecular complexity index is 839. The van der Waals surface area contributed by atoms with Crippen LogP contribution in [-0.2, 0) is 10.0 Å². The van der Waals surface area contributed by atoms with E-state index in [2.05, 4.69) is 0 Å². The molecule has 2 heterocycles.